The van der Waals surface area contributed by atoms with Gasteiger partial charge in [0.15, 0.2) is 0 Å². The molecule has 6 heteroatoms. The molecule has 1 saturated heterocycles. The molecule has 1 aliphatic heterocycles. The minimum Gasteiger partial charge on any atom is -0.329 e. The molecule has 3 atom stereocenters. The number of hydrogen-bond donors (Lipinski definition) is 1. The molecule has 1 saturated carbocycles. The first kappa shape index (κ1) is 20.2. The molecule has 0 radical (unpaired) electrons. The summed E-state index contributed by atoms with van der Waals surface area (Å²) >= 11 is 0. The summed E-state index contributed by atoms with van der Waals surface area (Å²) in [4.78, 5) is 41.6. The first-order chi connectivity index (χ1) is 16.1. The normalized spacial score (nSPS) is 25.9. The van der Waals surface area contributed by atoms with Crippen molar-refractivity contribution >= 4 is 23.4 Å². The van der Waals surface area contributed by atoms with Gasteiger partial charge in [-0.05, 0) is 67.9 Å². The van der Waals surface area contributed by atoms with Crippen LogP contribution in [-0.2, 0) is 16.0 Å². The number of anilines is 1. The number of hydrazine groups is 1. The average Bonchev–Trinajstić information content (AvgIpc) is 3.60. The summed E-state index contributed by atoms with van der Waals surface area (Å²) in [5.74, 6) is -0.909. The maximum Gasteiger partial charge on any atom is 0.254 e. The third-order valence-electron chi connectivity index (χ3n) is 7.49. The van der Waals surface area contributed by atoms with Gasteiger partial charge in [0, 0.05) is 11.6 Å². The molecule has 4 aliphatic rings. The van der Waals surface area contributed by atoms with Gasteiger partial charge in [-0.25, -0.2) is 5.01 Å². The van der Waals surface area contributed by atoms with E-state index < -0.39 is 0 Å². The third kappa shape index (κ3) is 3.45. The Bertz CT molecular complexity index is 1170. The molecule has 0 aromatic heterocycles. The first-order valence-electron chi connectivity index (χ1n) is 11.9. The SMILES string of the molecule is O=C1NN(c2cccc(C(=O)N(C3CC3)C3CCc4ccccc43)c2)C(=O)C2CC=CCC12. The molecule has 2 aromatic carbocycles. The molecule has 0 spiro atoms. The van der Waals surface area contributed by atoms with Crippen LogP contribution in [0.15, 0.2) is 60.7 Å². The van der Waals surface area contributed by atoms with Crippen molar-refractivity contribution in [2.75, 3.05) is 5.01 Å². The fourth-order valence-electron chi connectivity index (χ4n) is 5.65. The molecule has 3 aliphatic carbocycles. The number of allylic oxidation sites excluding steroid dienone is 2. The predicted octanol–water partition coefficient (Wildman–Crippen LogP) is 3.94. The van der Waals surface area contributed by atoms with Crippen molar-refractivity contribution in [3.63, 3.8) is 0 Å². The Kier molecular flexibility index (Phi) is 4.82. The maximum atomic E-state index is 13.8. The van der Waals surface area contributed by atoms with E-state index in [2.05, 4.69) is 28.5 Å². The quantitative estimate of drug-likeness (QED) is 0.731. The monoisotopic (exact) mass is 441 g/mol. The van der Waals surface area contributed by atoms with E-state index in [1.165, 1.54) is 16.1 Å². The third-order valence-corrected chi connectivity index (χ3v) is 7.49. The highest BCUT2D eigenvalue weighted by molar-refractivity contribution is 6.05. The van der Waals surface area contributed by atoms with Gasteiger partial charge in [0.2, 0.25) is 11.8 Å². The molecule has 168 valence electrons. The van der Waals surface area contributed by atoms with Crippen LogP contribution in [0.5, 0.6) is 0 Å². The van der Waals surface area contributed by atoms with E-state index in [1.54, 1.807) is 18.2 Å². The van der Waals surface area contributed by atoms with Gasteiger partial charge in [-0.2, -0.15) is 0 Å². The van der Waals surface area contributed by atoms with Crippen molar-refractivity contribution in [3.05, 3.63) is 77.4 Å². The van der Waals surface area contributed by atoms with Gasteiger partial charge in [0.05, 0.1) is 23.6 Å². The molecule has 0 bridgehead atoms. The lowest BCUT2D eigenvalue weighted by molar-refractivity contribution is -0.139. The van der Waals surface area contributed by atoms with Crippen LogP contribution in [0.1, 0.15) is 59.6 Å². The Hall–Kier alpha value is -3.41. The van der Waals surface area contributed by atoms with Gasteiger partial charge in [-0.3, -0.25) is 19.8 Å². The summed E-state index contributed by atoms with van der Waals surface area (Å²) in [7, 11) is 0. The van der Waals surface area contributed by atoms with Crippen molar-refractivity contribution < 1.29 is 14.4 Å². The Labute approximate surface area is 193 Å². The molecule has 3 amide bonds. The van der Waals surface area contributed by atoms with E-state index in [-0.39, 0.29) is 41.6 Å². The standard InChI is InChI=1S/C27H27N3O3/c31-25-22-10-3-4-11-23(22)27(33)30(28-25)20-8-5-7-18(16-20)26(32)29(19-13-14-19)24-15-12-17-6-1-2-9-21(17)24/h1-9,16,19,22-24H,10-15H2,(H,28,31). The number of nitrogens with zero attached hydrogens (tertiary/aromatic N) is 2. The van der Waals surface area contributed by atoms with Crippen LogP contribution >= 0.6 is 0 Å². The molecule has 1 heterocycles. The molecule has 1 N–H and O–H groups in total. The summed E-state index contributed by atoms with van der Waals surface area (Å²) in [5, 5.41) is 1.34. The molecule has 3 unspecified atom stereocenters. The van der Waals surface area contributed by atoms with Gasteiger partial charge < -0.3 is 4.90 Å². The second-order valence-corrected chi connectivity index (χ2v) is 9.55. The van der Waals surface area contributed by atoms with Crippen molar-refractivity contribution in [1.29, 1.82) is 0 Å². The van der Waals surface area contributed by atoms with Crippen LogP contribution in [0.4, 0.5) is 5.69 Å². The lowest BCUT2D eigenvalue weighted by Crippen LogP contribution is -2.59. The van der Waals surface area contributed by atoms with E-state index in [4.69, 9.17) is 0 Å². The highest BCUT2D eigenvalue weighted by atomic mass is 16.2. The number of aryl methyl sites for hydroxylation is 1. The number of hydrogen-bond acceptors (Lipinski definition) is 3. The molecular formula is C27H27N3O3. The van der Waals surface area contributed by atoms with E-state index in [0.29, 0.717) is 24.1 Å². The number of carbonyl (C=O) groups is 3. The minimum atomic E-state index is -0.346. The Morgan fingerprint density at radius 2 is 1.73 bits per heavy atom. The lowest BCUT2D eigenvalue weighted by Gasteiger charge is -2.38. The fourth-order valence-corrected chi connectivity index (χ4v) is 5.65. The molecule has 6 nitrogen and oxygen atoms in total. The van der Waals surface area contributed by atoms with Crippen molar-refractivity contribution in [3.8, 4) is 0 Å². The van der Waals surface area contributed by atoms with Crippen molar-refractivity contribution in [2.45, 2.75) is 50.6 Å². The van der Waals surface area contributed by atoms with Crippen LogP contribution in [-0.4, -0.2) is 28.7 Å². The molecule has 6 rings (SSSR count). The first-order valence-corrected chi connectivity index (χ1v) is 11.9. The zero-order valence-electron chi connectivity index (χ0n) is 18.4. The van der Waals surface area contributed by atoms with Crippen molar-refractivity contribution in [1.82, 2.24) is 10.3 Å². The summed E-state index contributed by atoms with van der Waals surface area (Å²) in [6.45, 7) is 0. The zero-order valence-corrected chi connectivity index (χ0v) is 18.4. The second kappa shape index (κ2) is 7.87. The minimum absolute atomic E-state index is 0.00434. The summed E-state index contributed by atoms with van der Waals surface area (Å²) in [6, 6.07) is 15.9. The van der Waals surface area contributed by atoms with Gasteiger partial charge in [-0.15, -0.1) is 0 Å². The average molecular weight is 442 g/mol. The van der Waals surface area contributed by atoms with Gasteiger partial charge in [0.1, 0.15) is 0 Å². The molecular weight excluding hydrogens is 414 g/mol. The lowest BCUT2D eigenvalue weighted by atomic mass is 9.80. The molecule has 2 aromatic rings. The number of carbonyl (C=O) groups excluding carboxylic acids is 3. The number of rotatable bonds is 4. The van der Waals surface area contributed by atoms with Crippen LogP contribution in [0.3, 0.4) is 0 Å². The summed E-state index contributed by atoms with van der Waals surface area (Å²) < 4.78 is 0. The van der Waals surface area contributed by atoms with Gasteiger partial charge in [-0.1, -0.05) is 42.5 Å². The van der Waals surface area contributed by atoms with Crippen LogP contribution < -0.4 is 10.4 Å². The highest BCUT2D eigenvalue weighted by Crippen LogP contribution is 2.43. The molecule has 33 heavy (non-hydrogen) atoms. The van der Waals surface area contributed by atoms with Crippen molar-refractivity contribution in [2.24, 2.45) is 11.8 Å². The Morgan fingerprint density at radius 1 is 0.939 bits per heavy atom. The molecule has 2 fully saturated rings. The number of nitrogens with one attached hydrogen (secondary N) is 1. The summed E-state index contributed by atoms with van der Waals surface area (Å²) in [5.41, 5.74) is 6.44. The largest absolute Gasteiger partial charge is 0.329 e. The van der Waals surface area contributed by atoms with Crippen LogP contribution in [0, 0.1) is 11.8 Å². The zero-order chi connectivity index (χ0) is 22.5. The maximum absolute atomic E-state index is 13.8. The summed E-state index contributed by atoms with van der Waals surface area (Å²) in [6.07, 6.45) is 9.10. The van der Waals surface area contributed by atoms with E-state index in [9.17, 15) is 14.4 Å². The predicted molar refractivity (Wildman–Crippen MR) is 124 cm³/mol. The van der Waals surface area contributed by atoms with Gasteiger partial charge >= 0.3 is 0 Å². The van der Waals surface area contributed by atoms with Crippen LogP contribution in [0.2, 0.25) is 0 Å². The van der Waals surface area contributed by atoms with E-state index >= 15 is 0 Å². The fraction of sp³-hybridized carbons (Fsp3) is 0.370. The number of amides is 3. The van der Waals surface area contributed by atoms with E-state index in [1.807, 2.05) is 24.3 Å². The second-order valence-electron chi connectivity index (χ2n) is 9.55. The smallest absolute Gasteiger partial charge is 0.254 e. The highest BCUT2D eigenvalue weighted by Gasteiger charge is 2.43. The number of fused-ring (bicyclic) bond motifs is 2. The number of benzene rings is 2. The Balaban J connectivity index is 1.29. The van der Waals surface area contributed by atoms with Gasteiger partial charge in [0.25, 0.3) is 5.91 Å². The van der Waals surface area contributed by atoms with E-state index in [0.717, 1.165) is 25.7 Å². The van der Waals surface area contributed by atoms with Crippen LogP contribution in [0.25, 0.3) is 0 Å². The Morgan fingerprint density at radius 3 is 2.55 bits per heavy atom. The topological polar surface area (TPSA) is 69.7 Å².